The van der Waals surface area contributed by atoms with Gasteiger partial charge in [0.05, 0.1) is 17.5 Å². The molecule has 0 aliphatic rings. The van der Waals surface area contributed by atoms with Gasteiger partial charge in [-0.25, -0.2) is 0 Å². The predicted molar refractivity (Wildman–Crippen MR) is 71.3 cm³/mol. The third-order valence-corrected chi connectivity index (χ3v) is 3.53. The first kappa shape index (κ1) is 13.3. The number of carbonyl (C=O) groups excluding carboxylic acids is 1. The van der Waals surface area contributed by atoms with Gasteiger partial charge < -0.3 is 5.32 Å². The van der Waals surface area contributed by atoms with Crippen LogP contribution in [0.2, 0.25) is 5.02 Å². The first-order chi connectivity index (χ1) is 7.54. The molecule has 0 saturated heterocycles. The molecule has 0 spiro atoms. The van der Waals surface area contributed by atoms with Gasteiger partial charge in [-0.2, -0.15) is 5.26 Å². The number of nitrogens with one attached hydrogen (secondary N) is 1. The molecule has 1 N–H and O–H groups in total. The summed E-state index contributed by atoms with van der Waals surface area (Å²) in [6.07, 6.45) is 0.295. The van der Waals surface area contributed by atoms with Crippen LogP contribution in [0.3, 0.4) is 0 Å². The van der Waals surface area contributed by atoms with Crippen molar-refractivity contribution in [3.63, 3.8) is 0 Å². The van der Waals surface area contributed by atoms with Gasteiger partial charge in [-0.05, 0) is 47.7 Å². The molecule has 0 aromatic heterocycles. The topological polar surface area (TPSA) is 52.9 Å². The molecule has 5 heteroatoms. The highest BCUT2D eigenvalue weighted by Gasteiger charge is 2.10. The highest BCUT2D eigenvalue weighted by Crippen LogP contribution is 2.19. The molecule has 0 fully saturated rings. The van der Waals surface area contributed by atoms with E-state index in [-0.39, 0.29) is 11.9 Å². The Hall–Kier alpha value is -0.800. The van der Waals surface area contributed by atoms with Crippen LogP contribution < -0.4 is 5.32 Å². The Morgan fingerprint density at radius 3 is 2.94 bits per heavy atom. The van der Waals surface area contributed by atoms with Crippen molar-refractivity contribution in [1.29, 1.82) is 5.26 Å². The van der Waals surface area contributed by atoms with E-state index in [0.717, 1.165) is 3.57 Å². The Morgan fingerprint density at radius 2 is 2.38 bits per heavy atom. The minimum absolute atomic E-state index is 0.157. The molecule has 0 aliphatic heterocycles. The van der Waals surface area contributed by atoms with E-state index in [1.807, 2.05) is 6.07 Å². The van der Waals surface area contributed by atoms with Gasteiger partial charge in [0.2, 0.25) is 0 Å². The summed E-state index contributed by atoms with van der Waals surface area (Å²) in [4.78, 5) is 11.7. The lowest BCUT2D eigenvalue weighted by atomic mass is 10.2. The molecule has 0 radical (unpaired) electrons. The number of nitriles is 1. The van der Waals surface area contributed by atoms with Gasteiger partial charge in [0, 0.05) is 15.2 Å². The second-order valence-corrected chi connectivity index (χ2v) is 4.94. The zero-order valence-corrected chi connectivity index (χ0v) is 11.5. The Balaban J connectivity index is 2.74. The van der Waals surface area contributed by atoms with E-state index in [1.54, 1.807) is 25.1 Å². The van der Waals surface area contributed by atoms with Crippen molar-refractivity contribution in [2.24, 2.45) is 0 Å². The van der Waals surface area contributed by atoms with Crippen LogP contribution in [0.4, 0.5) is 0 Å². The zero-order valence-electron chi connectivity index (χ0n) is 8.63. The molecule has 0 bridgehead atoms. The summed E-state index contributed by atoms with van der Waals surface area (Å²) in [6, 6.07) is 6.96. The SMILES string of the molecule is CC(CC#N)NC(=O)c1ccc(I)c(Cl)c1. The molecular weight excluding hydrogens is 338 g/mol. The van der Waals surface area contributed by atoms with E-state index >= 15 is 0 Å². The van der Waals surface area contributed by atoms with Crippen molar-refractivity contribution in [3.05, 3.63) is 32.4 Å². The summed E-state index contributed by atoms with van der Waals surface area (Å²) in [5.74, 6) is -0.207. The lowest BCUT2D eigenvalue weighted by Crippen LogP contribution is -2.32. The number of hydrogen-bond donors (Lipinski definition) is 1. The van der Waals surface area contributed by atoms with E-state index in [2.05, 4.69) is 27.9 Å². The maximum absolute atomic E-state index is 11.7. The summed E-state index contributed by atoms with van der Waals surface area (Å²) < 4.78 is 0.904. The van der Waals surface area contributed by atoms with Crippen molar-refractivity contribution < 1.29 is 4.79 Å². The van der Waals surface area contributed by atoms with Crippen molar-refractivity contribution in [1.82, 2.24) is 5.32 Å². The van der Waals surface area contributed by atoms with Crippen LogP contribution in [0.15, 0.2) is 18.2 Å². The lowest BCUT2D eigenvalue weighted by molar-refractivity contribution is 0.0941. The van der Waals surface area contributed by atoms with Crippen LogP contribution in [-0.2, 0) is 0 Å². The van der Waals surface area contributed by atoms with Gasteiger partial charge in [0.1, 0.15) is 0 Å². The maximum atomic E-state index is 11.7. The minimum atomic E-state index is -0.207. The molecular formula is C11H10ClIN2O. The Morgan fingerprint density at radius 1 is 1.69 bits per heavy atom. The van der Waals surface area contributed by atoms with Crippen LogP contribution >= 0.6 is 34.2 Å². The monoisotopic (exact) mass is 348 g/mol. The number of rotatable bonds is 3. The Labute approximate surface area is 113 Å². The van der Waals surface area contributed by atoms with Crippen molar-refractivity contribution >= 4 is 40.1 Å². The van der Waals surface area contributed by atoms with Crippen LogP contribution in [0.1, 0.15) is 23.7 Å². The molecule has 1 unspecified atom stereocenters. The van der Waals surface area contributed by atoms with Gasteiger partial charge in [-0.3, -0.25) is 4.79 Å². The average molecular weight is 349 g/mol. The van der Waals surface area contributed by atoms with Crippen molar-refractivity contribution in [2.45, 2.75) is 19.4 Å². The van der Waals surface area contributed by atoms with E-state index < -0.39 is 0 Å². The predicted octanol–water partition coefficient (Wildman–Crippen LogP) is 2.98. The van der Waals surface area contributed by atoms with E-state index in [1.165, 1.54) is 0 Å². The average Bonchev–Trinajstić information content (AvgIpc) is 2.22. The van der Waals surface area contributed by atoms with Gasteiger partial charge in [-0.1, -0.05) is 11.6 Å². The first-order valence-electron chi connectivity index (χ1n) is 4.67. The summed E-state index contributed by atoms with van der Waals surface area (Å²) in [6.45, 7) is 1.79. The number of nitrogens with zero attached hydrogens (tertiary/aromatic N) is 1. The number of amides is 1. The van der Waals surface area contributed by atoms with Crippen LogP contribution in [0.5, 0.6) is 0 Å². The molecule has 1 aromatic rings. The molecule has 3 nitrogen and oxygen atoms in total. The molecule has 1 atom stereocenters. The van der Waals surface area contributed by atoms with E-state index in [4.69, 9.17) is 16.9 Å². The minimum Gasteiger partial charge on any atom is -0.349 e. The highest BCUT2D eigenvalue weighted by atomic mass is 127. The van der Waals surface area contributed by atoms with Crippen LogP contribution in [0.25, 0.3) is 0 Å². The smallest absolute Gasteiger partial charge is 0.251 e. The van der Waals surface area contributed by atoms with Gasteiger partial charge in [0.25, 0.3) is 5.91 Å². The molecule has 1 rings (SSSR count). The fourth-order valence-electron chi connectivity index (χ4n) is 1.13. The molecule has 0 saturated carbocycles. The fourth-order valence-corrected chi connectivity index (χ4v) is 1.65. The van der Waals surface area contributed by atoms with Crippen LogP contribution in [0, 0.1) is 14.9 Å². The van der Waals surface area contributed by atoms with Crippen LogP contribution in [-0.4, -0.2) is 11.9 Å². The second-order valence-electron chi connectivity index (χ2n) is 3.37. The molecule has 16 heavy (non-hydrogen) atoms. The molecule has 0 heterocycles. The Kier molecular flexibility index (Phi) is 5.03. The fraction of sp³-hybridized carbons (Fsp3) is 0.273. The summed E-state index contributed by atoms with van der Waals surface area (Å²) in [5, 5.41) is 11.8. The lowest BCUT2D eigenvalue weighted by Gasteiger charge is -2.10. The Bertz CT molecular complexity index is 442. The standard InChI is InChI=1S/C11H10ClIN2O/c1-7(4-5-14)15-11(16)8-2-3-10(13)9(12)6-8/h2-3,6-7H,4H2,1H3,(H,15,16). The van der Waals surface area contributed by atoms with E-state index in [9.17, 15) is 4.79 Å². The molecule has 0 aliphatic carbocycles. The van der Waals surface area contributed by atoms with E-state index in [0.29, 0.717) is 17.0 Å². The third-order valence-electron chi connectivity index (χ3n) is 1.96. The van der Waals surface area contributed by atoms with Gasteiger partial charge >= 0.3 is 0 Å². The largest absolute Gasteiger partial charge is 0.349 e. The summed E-state index contributed by atoms with van der Waals surface area (Å²) in [5.41, 5.74) is 0.509. The molecule has 1 aromatic carbocycles. The first-order valence-corrected chi connectivity index (χ1v) is 6.13. The van der Waals surface area contributed by atoms with Gasteiger partial charge in [0.15, 0.2) is 0 Å². The van der Waals surface area contributed by atoms with Crippen molar-refractivity contribution in [2.75, 3.05) is 0 Å². The van der Waals surface area contributed by atoms with Crippen molar-refractivity contribution in [3.8, 4) is 6.07 Å². The molecule has 1 amide bonds. The number of carbonyl (C=O) groups is 1. The quantitative estimate of drug-likeness (QED) is 0.854. The summed E-state index contributed by atoms with van der Waals surface area (Å²) in [7, 11) is 0. The third kappa shape index (κ3) is 3.65. The normalized spacial score (nSPS) is 11.6. The summed E-state index contributed by atoms with van der Waals surface area (Å²) >= 11 is 8.01. The number of benzene rings is 1. The zero-order chi connectivity index (χ0) is 12.1. The maximum Gasteiger partial charge on any atom is 0.251 e. The van der Waals surface area contributed by atoms with Gasteiger partial charge in [-0.15, -0.1) is 0 Å². The highest BCUT2D eigenvalue weighted by molar-refractivity contribution is 14.1. The molecule has 84 valence electrons. The number of halogens is 2. The number of hydrogen-bond acceptors (Lipinski definition) is 2. The second kappa shape index (κ2) is 6.06.